The van der Waals surface area contributed by atoms with E-state index >= 15 is 0 Å². The molecule has 0 aromatic heterocycles. The van der Waals surface area contributed by atoms with Gasteiger partial charge in [0.15, 0.2) is 0 Å². The summed E-state index contributed by atoms with van der Waals surface area (Å²) in [5.74, 6) is -0.867. The van der Waals surface area contributed by atoms with Crippen molar-refractivity contribution in [2.75, 3.05) is 25.0 Å². The van der Waals surface area contributed by atoms with Gasteiger partial charge in [0.05, 0.1) is 6.54 Å². The second kappa shape index (κ2) is 8.27. The third-order valence-corrected chi connectivity index (χ3v) is 7.14. The highest BCUT2D eigenvalue weighted by atomic mass is 35.5. The van der Waals surface area contributed by atoms with E-state index in [0.717, 1.165) is 30.1 Å². The molecule has 0 bridgehead atoms. The highest BCUT2D eigenvalue weighted by molar-refractivity contribution is 6.31. The van der Waals surface area contributed by atoms with Crippen molar-refractivity contribution in [1.82, 2.24) is 20.0 Å². The lowest BCUT2D eigenvalue weighted by molar-refractivity contribution is -0.139. The molecule has 3 aliphatic heterocycles. The van der Waals surface area contributed by atoms with Crippen LogP contribution in [0.1, 0.15) is 23.1 Å². The van der Waals surface area contributed by atoms with Crippen molar-refractivity contribution >= 4 is 29.2 Å². The summed E-state index contributed by atoms with van der Waals surface area (Å²) >= 11 is 6.18. The molecule has 5 rings (SSSR count). The third kappa shape index (κ3) is 3.66. The maximum absolute atomic E-state index is 14.4. The quantitative estimate of drug-likeness (QED) is 0.744. The van der Waals surface area contributed by atoms with Crippen LogP contribution in [0.2, 0.25) is 5.02 Å². The first-order valence-corrected chi connectivity index (χ1v) is 11.5. The maximum Gasteiger partial charge on any atom is 0.328 e. The van der Waals surface area contributed by atoms with E-state index < -0.39 is 24.1 Å². The van der Waals surface area contributed by atoms with Gasteiger partial charge in [-0.15, -0.1) is 0 Å². The number of hydrogen-bond acceptors (Lipinski definition) is 5. The number of halogens is 2. The van der Waals surface area contributed by atoms with Gasteiger partial charge in [0, 0.05) is 36.4 Å². The van der Waals surface area contributed by atoms with Gasteiger partial charge in [0.1, 0.15) is 24.3 Å². The smallest absolute Gasteiger partial charge is 0.328 e. The number of carbonyl (C=O) groups is 2. The average molecular weight is 472 g/mol. The fourth-order valence-electron chi connectivity index (χ4n) is 5.29. The molecule has 0 spiro atoms. The molecule has 174 valence electrons. The van der Waals surface area contributed by atoms with Crippen LogP contribution >= 0.6 is 11.6 Å². The van der Waals surface area contributed by atoms with Crippen molar-refractivity contribution < 1.29 is 14.0 Å². The van der Waals surface area contributed by atoms with Gasteiger partial charge >= 0.3 is 6.03 Å². The van der Waals surface area contributed by atoms with E-state index in [0.29, 0.717) is 0 Å². The van der Waals surface area contributed by atoms with Gasteiger partial charge < -0.3 is 9.80 Å². The fourth-order valence-corrected chi connectivity index (χ4v) is 5.51. The van der Waals surface area contributed by atoms with Crippen molar-refractivity contribution in [3.05, 3.63) is 63.9 Å². The molecule has 3 unspecified atom stereocenters. The molecule has 2 aromatic rings. The van der Waals surface area contributed by atoms with Crippen LogP contribution in [0.3, 0.4) is 0 Å². The van der Waals surface area contributed by atoms with Gasteiger partial charge in [-0.05, 0) is 55.7 Å². The first-order valence-electron chi connectivity index (χ1n) is 11.1. The second-order valence-electron chi connectivity index (χ2n) is 9.08. The lowest BCUT2D eigenvalue weighted by atomic mass is 10.1. The highest BCUT2D eigenvalue weighted by Gasteiger charge is 2.56. The van der Waals surface area contributed by atoms with Crippen LogP contribution in [-0.2, 0) is 11.3 Å². The minimum atomic E-state index is -0.558. The lowest BCUT2D eigenvalue weighted by Crippen LogP contribution is -2.66. The Morgan fingerprint density at radius 2 is 1.85 bits per heavy atom. The van der Waals surface area contributed by atoms with E-state index in [1.807, 2.05) is 0 Å². The molecule has 2 aromatic carbocycles. The van der Waals surface area contributed by atoms with Crippen molar-refractivity contribution in [3.8, 4) is 0 Å². The number of nitrogens with one attached hydrogen (secondary N) is 1. The largest absolute Gasteiger partial charge is 0.343 e. The summed E-state index contributed by atoms with van der Waals surface area (Å²) in [6, 6.07) is 9.74. The number of fused-ring (bicyclic) bond motifs is 3. The number of aryl methyl sites for hydroxylation is 2. The van der Waals surface area contributed by atoms with Gasteiger partial charge in [-0.1, -0.05) is 23.7 Å². The SMILES string of the molecule is Cc1cc(C)cc(N2CCCN3C4C(=O)N(Cc5c(F)cccc5Cl)C(=O)N(C)C4NC23)c1. The topological polar surface area (TPSA) is 59.1 Å². The van der Waals surface area contributed by atoms with Crippen LogP contribution in [-0.4, -0.2) is 65.3 Å². The molecule has 7 nitrogen and oxygen atoms in total. The van der Waals surface area contributed by atoms with Crippen LogP contribution < -0.4 is 10.2 Å². The molecule has 3 fully saturated rings. The number of nitrogens with zero attached hydrogens (tertiary/aromatic N) is 4. The minimum Gasteiger partial charge on any atom is -0.343 e. The van der Waals surface area contributed by atoms with Crippen LogP contribution in [0.25, 0.3) is 0 Å². The van der Waals surface area contributed by atoms with Gasteiger partial charge in [0.25, 0.3) is 5.91 Å². The molecule has 3 atom stereocenters. The van der Waals surface area contributed by atoms with Gasteiger partial charge in [-0.25, -0.2) is 9.18 Å². The van der Waals surface area contributed by atoms with E-state index in [9.17, 15) is 14.0 Å². The molecule has 0 radical (unpaired) electrons. The number of imide groups is 1. The number of rotatable bonds is 3. The van der Waals surface area contributed by atoms with Crippen molar-refractivity contribution in [1.29, 1.82) is 0 Å². The number of carbonyl (C=O) groups excluding carboxylic acids is 2. The summed E-state index contributed by atoms with van der Waals surface area (Å²) < 4.78 is 14.4. The number of amides is 3. The molecule has 3 heterocycles. The van der Waals surface area contributed by atoms with E-state index in [1.165, 1.54) is 23.3 Å². The summed E-state index contributed by atoms with van der Waals surface area (Å²) in [6.45, 7) is 5.51. The second-order valence-corrected chi connectivity index (χ2v) is 9.49. The molecule has 3 saturated heterocycles. The van der Waals surface area contributed by atoms with E-state index in [2.05, 4.69) is 47.2 Å². The van der Waals surface area contributed by atoms with Crippen molar-refractivity contribution in [2.24, 2.45) is 0 Å². The van der Waals surface area contributed by atoms with Gasteiger partial charge in [-0.2, -0.15) is 0 Å². The molecule has 3 amide bonds. The Kier molecular flexibility index (Phi) is 5.55. The zero-order valence-electron chi connectivity index (χ0n) is 18.9. The van der Waals surface area contributed by atoms with E-state index in [-0.39, 0.29) is 29.3 Å². The van der Waals surface area contributed by atoms with Crippen LogP contribution in [0.5, 0.6) is 0 Å². The van der Waals surface area contributed by atoms with Crippen molar-refractivity contribution in [2.45, 2.75) is 45.3 Å². The predicted octanol–water partition coefficient (Wildman–Crippen LogP) is 3.28. The molecular weight excluding hydrogens is 445 g/mol. The van der Waals surface area contributed by atoms with Gasteiger partial charge in [-0.3, -0.25) is 19.9 Å². The summed E-state index contributed by atoms with van der Waals surface area (Å²) in [6.07, 6.45) is 0.207. The molecule has 1 N–H and O–H groups in total. The molecule has 3 aliphatic rings. The Morgan fingerprint density at radius 3 is 2.55 bits per heavy atom. The zero-order chi connectivity index (χ0) is 23.4. The van der Waals surface area contributed by atoms with Crippen LogP contribution in [0.15, 0.2) is 36.4 Å². The normalized spacial score (nSPS) is 25.5. The predicted molar refractivity (Wildman–Crippen MR) is 124 cm³/mol. The number of urea groups is 1. The van der Waals surface area contributed by atoms with E-state index in [4.69, 9.17) is 11.6 Å². The number of likely N-dealkylation sites (N-methyl/N-ethyl adjacent to an activating group) is 1. The number of anilines is 1. The number of benzene rings is 2. The first-order chi connectivity index (χ1) is 15.8. The fraction of sp³-hybridized carbons (Fsp3) is 0.417. The summed E-state index contributed by atoms with van der Waals surface area (Å²) in [4.78, 5) is 33.8. The Balaban J connectivity index is 1.46. The van der Waals surface area contributed by atoms with Crippen LogP contribution in [0, 0.1) is 19.7 Å². The molecule has 0 aliphatic carbocycles. The molecular formula is C24H27ClFN5O2. The number of hydrogen-bond donors (Lipinski definition) is 1. The molecule has 33 heavy (non-hydrogen) atoms. The average Bonchev–Trinajstić information content (AvgIpc) is 3.16. The van der Waals surface area contributed by atoms with E-state index in [1.54, 1.807) is 18.0 Å². The Bertz CT molecular complexity index is 1090. The molecule has 9 heteroatoms. The summed E-state index contributed by atoms with van der Waals surface area (Å²) in [5, 5.41) is 3.71. The lowest BCUT2D eigenvalue weighted by Gasteiger charge is -2.44. The minimum absolute atomic E-state index is 0.144. The van der Waals surface area contributed by atoms with Crippen LogP contribution in [0.4, 0.5) is 14.9 Å². The molecule has 0 saturated carbocycles. The third-order valence-electron chi connectivity index (χ3n) is 6.79. The monoisotopic (exact) mass is 471 g/mol. The first kappa shape index (κ1) is 22.1. The Labute approximate surface area is 197 Å². The standard InChI is InChI=1S/C24H27ClFN5O2/c1-14-10-15(2)12-16(11-14)29-8-5-9-30-20-21(27-23(29)30)28(3)24(33)31(22(20)32)13-17-18(25)6-4-7-19(17)26/h4,6-7,10-12,20-21,23,27H,5,8-9,13H2,1-3H3. The van der Waals surface area contributed by atoms with Crippen molar-refractivity contribution in [3.63, 3.8) is 0 Å². The Hall–Kier alpha value is -2.68. The zero-order valence-corrected chi connectivity index (χ0v) is 19.6. The maximum atomic E-state index is 14.4. The highest BCUT2D eigenvalue weighted by Crippen LogP contribution is 2.34. The summed E-state index contributed by atoms with van der Waals surface area (Å²) in [5.41, 5.74) is 3.58. The van der Waals surface area contributed by atoms with Gasteiger partial charge in [0.2, 0.25) is 0 Å². The summed E-state index contributed by atoms with van der Waals surface area (Å²) in [7, 11) is 1.68. The Morgan fingerprint density at radius 1 is 1.12 bits per heavy atom.